The zero-order valence-electron chi connectivity index (χ0n) is 9.98. The minimum Gasteiger partial charge on any atom is -0.501 e. The average molecular weight is 231 g/mol. The first kappa shape index (κ1) is 11.9. The van der Waals surface area contributed by atoms with E-state index in [1.807, 2.05) is 18.2 Å². The van der Waals surface area contributed by atoms with Crippen LogP contribution >= 0.6 is 0 Å². The average Bonchev–Trinajstić information content (AvgIpc) is 2.39. The number of hydrogen-bond donors (Lipinski definition) is 1. The number of carbonyl (C=O) groups excluding carboxylic acids is 1. The fraction of sp³-hybridized carbons (Fsp3) is 0.357. The van der Waals surface area contributed by atoms with E-state index in [2.05, 4.69) is 6.07 Å². The molecule has 0 aliphatic carbocycles. The predicted molar refractivity (Wildman–Crippen MR) is 66.4 cm³/mol. The molecular weight excluding hydrogens is 214 g/mol. The lowest BCUT2D eigenvalue weighted by Gasteiger charge is -2.23. The Bertz CT molecular complexity index is 451. The summed E-state index contributed by atoms with van der Waals surface area (Å²) in [5.41, 5.74) is 8.64. The second-order valence-corrected chi connectivity index (χ2v) is 4.29. The summed E-state index contributed by atoms with van der Waals surface area (Å²) in [6.07, 6.45) is 2.45. The molecule has 0 radical (unpaired) electrons. The van der Waals surface area contributed by atoms with Gasteiger partial charge in [-0.2, -0.15) is 0 Å². The highest BCUT2D eigenvalue weighted by molar-refractivity contribution is 5.94. The SMILES string of the molecule is CC(=O)C1=COCCC1c1cccc(CN)c1. The lowest BCUT2D eigenvalue weighted by Crippen LogP contribution is -2.16. The molecule has 3 nitrogen and oxygen atoms in total. The van der Waals surface area contributed by atoms with Crippen molar-refractivity contribution >= 4 is 5.78 Å². The Morgan fingerprint density at radius 3 is 3.06 bits per heavy atom. The zero-order valence-corrected chi connectivity index (χ0v) is 9.98. The molecular formula is C14H17NO2. The third-order valence-corrected chi connectivity index (χ3v) is 3.11. The zero-order chi connectivity index (χ0) is 12.3. The Morgan fingerprint density at radius 2 is 2.35 bits per heavy atom. The third-order valence-electron chi connectivity index (χ3n) is 3.11. The number of hydrogen-bond acceptors (Lipinski definition) is 3. The maximum Gasteiger partial charge on any atom is 0.159 e. The fourth-order valence-corrected chi connectivity index (χ4v) is 2.18. The van der Waals surface area contributed by atoms with Crippen LogP contribution in [0.3, 0.4) is 0 Å². The van der Waals surface area contributed by atoms with Crippen LogP contribution in [0.1, 0.15) is 30.4 Å². The number of ether oxygens (including phenoxy) is 1. The smallest absolute Gasteiger partial charge is 0.159 e. The van der Waals surface area contributed by atoms with Crippen molar-refractivity contribution in [3.05, 3.63) is 47.2 Å². The van der Waals surface area contributed by atoms with Crippen molar-refractivity contribution in [1.82, 2.24) is 0 Å². The molecule has 0 aromatic heterocycles. The molecule has 1 aromatic rings. The minimum atomic E-state index is 0.0767. The molecule has 1 atom stereocenters. The van der Waals surface area contributed by atoms with Gasteiger partial charge in [0.2, 0.25) is 0 Å². The van der Waals surface area contributed by atoms with Gasteiger partial charge < -0.3 is 10.5 Å². The van der Waals surface area contributed by atoms with E-state index < -0.39 is 0 Å². The van der Waals surface area contributed by atoms with Crippen LogP contribution in [-0.4, -0.2) is 12.4 Å². The molecule has 2 rings (SSSR count). The van der Waals surface area contributed by atoms with Crippen LogP contribution in [-0.2, 0) is 16.1 Å². The maximum absolute atomic E-state index is 11.6. The van der Waals surface area contributed by atoms with Crippen molar-refractivity contribution in [3.8, 4) is 0 Å². The largest absolute Gasteiger partial charge is 0.501 e. The van der Waals surface area contributed by atoms with Gasteiger partial charge in [-0.3, -0.25) is 4.79 Å². The molecule has 0 bridgehead atoms. The lowest BCUT2D eigenvalue weighted by molar-refractivity contribution is -0.114. The van der Waals surface area contributed by atoms with Gasteiger partial charge in [-0.15, -0.1) is 0 Å². The van der Waals surface area contributed by atoms with E-state index >= 15 is 0 Å². The Labute approximate surface area is 101 Å². The van der Waals surface area contributed by atoms with Gasteiger partial charge in [0.1, 0.15) is 0 Å². The number of ketones is 1. The van der Waals surface area contributed by atoms with Crippen molar-refractivity contribution in [1.29, 1.82) is 0 Å². The number of benzene rings is 1. The summed E-state index contributed by atoms with van der Waals surface area (Å²) in [5, 5.41) is 0. The molecule has 17 heavy (non-hydrogen) atoms. The summed E-state index contributed by atoms with van der Waals surface area (Å²) < 4.78 is 5.24. The lowest BCUT2D eigenvalue weighted by atomic mass is 9.85. The molecule has 1 aromatic carbocycles. The van der Waals surface area contributed by atoms with Crippen LogP contribution in [0.2, 0.25) is 0 Å². The first-order valence-electron chi connectivity index (χ1n) is 5.84. The number of rotatable bonds is 3. The highest BCUT2D eigenvalue weighted by Crippen LogP contribution is 2.31. The second-order valence-electron chi connectivity index (χ2n) is 4.29. The summed E-state index contributed by atoms with van der Waals surface area (Å²) in [6, 6.07) is 8.11. The minimum absolute atomic E-state index is 0.0767. The van der Waals surface area contributed by atoms with E-state index in [4.69, 9.17) is 10.5 Å². The molecule has 1 heterocycles. The molecule has 0 saturated carbocycles. The van der Waals surface area contributed by atoms with Gasteiger partial charge in [0, 0.05) is 18.0 Å². The normalized spacial score (nSPS) is 19.4. The van der Waals surface area contributed by atoms with E-state index in [0.29, 0.717) is 13.2 Å². The fourth-order valence-electron chi connectivity index (χ4n) is 2.18. The third kappa shape index (κ3) is 2.56. The Hall–Kier alpha value is -1.61. The first-order chi connectivity index (χ1) is 8.22. The quantitative estimate of drug-likeness (QED) is 0.867. The summed E-state index contributed by atoms with van der Waals surface area (Å²) >= 11 is 0. The second kappa shape index (κ2) is 5.15. The molecule has 0 spiro atoms. The van der Waals surface area contributed by atoms with Crippen LogP contribution in [0.4, 0.5) is 0 Å². The van der Waals surface area contributed by atoms with Crippen LogP contribution < -0.4 is 5.73 Å². The van der Waals surface area contributed by atoms with E-state index in [1.54, 1.807) is 13.2 Å². The number of allylic oxidation sites excluding steroid dienone is 1. The van der Waals surface area contributed by atoms with Crippen molar-refractivity contribution in [2.24, 2.45) is 5.73 Å². The van der Waals surface area contributed by atoms with E-state index in [0.717, 1.165) is 23.1 Å². The monoisotopic (exact) mass is 231 g/mol. The summed E-state index contributed by atoms with van der Waals surface area (Å²) in [7, 11) is 0. The molecule has 0 saturated heterocycles. The van der Waals surface area contributed by atoms with Crippen LogP contribution in [0.15, 0.2) is 36.1 Å². The standard InChI is InChI=1S/C14H17NO2/c1-10(16)14-9-17-6-5-13(14)12-4-2-3-11(7-12)8-15/h2-4,7,9,13H,5-6,8,15H2,1H3. The van der Waals surface area contributed by atoms with Crippen LogP contribution in [0.5, 0.6) is 0 Å². The predicted octanol–water partition coefficient (Wildman–Crippen LogP) is 2.12. The van der Waals surface area contributed by atoms with Gasteiger partial charge in [0.05, 0.1) is 12.9 Å². The van der Waals surface area contributed by atoms with Crippen LogP contribution in [0, 0.1) is 0 Å². The van der Waals surface area contributed by atoms with Crippen molar-refractivity contribution < 1.29 is 9.53 Å². The Kier molecular flexibility index (Phi) is 3.59. The molecule has 0 fully saturated rings. The van der Waals surface area contributed by atoms with Gasteiger partial charge >= 0.3 is 0 Å². The molecule has 2 N–H and O–H groups in total. The summed E-state index contributed by atoms with van der Waals surface area (Å²) in [5.74, 6) is 0.223. The van der Waals surface area contributed by atoms with Gasteiger partial charge in [0.25, 0.3) is 0 Å². The molecule has 1 aliphatic rings. The maximum atomic E-state index is 11.6. The molecule has 3 heteroatoms. The van der Waals surface area contributed by atoms with Gasteiger partial charge in [-0.1, -0.05) is 24.3 Å². The highest BCUT2D eigenvalue weighted by Gasteiger charge is 2.23. The van der Waals surface area contributed by atoms with Gasteiger partial charge in [0.15, 0.2) is 5.78 Å². The highest BCUT2D eigenvalue weighted by atomic mass is 16.5. The van der Waals surface area contributed by atoms with E-state index in [1.165, 1.54) is 0 Å². The summed E-state index contributed by atoms with van der Waals surface area (Å²) in [4.78, 5) is 11.6. The topological polar surface area (TPSA) is 52.3 Å². The Balaban J connectivity index is 2.34. The van der Waals surface area contributed by atoms with Crippen molar-refractivity contribution in [3.63, 3.8) is 0 Å². The summed E-state index contributed by atoms with van der Waals surface area (Å²) in [6.45, 7) is 2.77. The first-order valence-corrected chi connectivity index (χ1v) is 5.84. The van der Waals surface area contributed by atoms with Crippen molar-refractivity contribution in [2.45, 2.75) is 25.8 Å². The molecule has 1 aliphatic heterocycles. The molecule has 1 unspecified atom stereocenters. The van der Waals surface area contributed by atoms with E-state index in [9.17, 15) is 4.79 Å². The van der Waals surface area contributed by atoms with Gasteiger partial charge in [-0.25, -0.2) is 0 Å². The van der Waals surface area contributed by atoms with Gasteiger partial charge in [-0.05, 0) is 24.5 Å². The van der Waals surface area contributed by atoms with Crippen LogP contribution in [0.25, 0.3) is 0 Å². The molecule has 90 valence electrons. The number of Topliss-reactive ketones (excluding diaryl/α,β-unsaturated/α-hetero) is 1. The Morgan fingerprint density at radius 1 is 1.53 bits per heavy atom. The number of carbonyl (C=O) groups is 1. The molecule has 0 amide bonds. The number of nitrogens with two attached hydrogens (primary N) is 1. The van der Waals surface area contributed by atoms with Crippen molar-refractivity contribution in [2.75, 3.05) is 6.61 Å². The van der Waals surface area contributed by atoms with E-state index in [-0.39, 0.29) is 11.7 Å².